The molecule has 4 unspecified atom stereocenters. The van der Waals surface area contributed by atoms with Crippen LogP contribution in [-0.2, 0) is 23.8 Å². The van der Waals surface area contributed by atoms with Gasteiger partial charge in [-0.25, -0.2) is 0 Å². The van der Waals surface area contributed by atoms with Crippen LogP contribution in [0, 0.1) is 5.41 Å². The van der Waals surface area contributed by atoms with Gasteiger partial charge in [0.15, 0.2) is 5.79 Å². The first kappa shape index (κ1) is 16.7. The summed E-state index contributed by atoms with van der Waals surface area (Å²) in [6.45, 7) is 8.56. The lowest BCUT2D eigenvalue weighted by molar-refractivity contribution is -0.169. The number of alkyl halides is 3. The molecule has 21 heavy (non-hydrogen) atoms. The largest absolute Gasteiger partial charge is 0.523 e. The van der Waals surface area contributed by atoms with E-state index in [-0.39, 0.29) is 6.42 Å². The molecule has 2 fully saturated rings. The standard InChI is InChI=1S/C12H17F3O5S/c1-5-11(4)6-7(20-21(16,17)12(13,14)15)8-9(11)19-10(2,3)18-8/h5,7-9H,1,6H2,2-4H3. The van der Waals surface area contributed by atoms with Crippen LogP contribution in [0.1, 0.15) is 27.2 Å². The van der Waals surface area contributed by atoms with E-state index in [2.05, 4.69) is 10.8 Å². The highest BCUT2D eigenvalue weighted by Crippen LogP contribution is 2.51. The van der Waals surface area contributed by atoms with Gasteiger partial charge in [-0.3, -0.25) is 4.18 Å². The molecule has 0 spiro atoms. The maximum absolute atomic E-state index is 12.5. The number of halogens is 3. The minimum Gasteiger partial charge on any atom is -0.344 e. The SMILES string of the molecule is C=CC1(C)CC(OS(=O)(=O)C(F)(F)F)C2OC(C)(C)OC21. The van der Waals surface area contributed by atoms with Gasteiger partial charge in [-0.05, 0) is 20.3 Å². The van der Waals surface area contributed by atoms with Crippen LogP contribution in [0.25, 0.3) is 0 Å². The first-order valence-electron chi connectivity index (χ1n) is 6.30. The highest BCUT2D eigenvalue weighted by molar-refractivity contribution is 7.87. The maximum Gasteiger partial charge on any atom is 0.523 e. The predicted molar refractivity (Wildman–Crippen MR) is 66.6 cm³/mol. The van der Waals surface area contributed by atoms with E-state index in [4.69, 9.17) is 9.47 Å². The van der Waals surface area contributed by atoms with E-state index in [0.717, 1.165) is 0 Å². The molecule has 0 aromatic rings. The molecular weight excluding hydrogens is 313 g/mol. The van der Waals surface area contributed by atoms with E-state index in [9.17, 15) is 21.6 Å². The molecule has 0 radical (unpaired) electrons. The fraction of sp³-hybridized carbons (Fsp3) is 0.833. The lowest BCUT2D eigenvalue weighted by atomic mass is 9.86. The maximum atomic E-state index is 12.5. The Morgan fingerprint density at radius 2 is 1.86 bits per heavy atom. The Labute approximate surface area is 121 Å². The first-order chi connectivity index (χ1) is 9.31. The lowest BCUT2D eigenvalue weighted by Gasteiger charge is -2.28. The highest BCUT2D eigenvalue weighted by Gasteiger charge is 2.61. The molecule has 1 saturated carbocycles. The summed E-state index contributed by atoms with van der Waals surface area (Å²) < 4.78 is 75.3. The number of ether oxygens (including phenoxy) is 2. The molecule has 1 aliphatic heterocycles. The highest BCUT2D eigenvalue weighted by atomic mass is 32.2. The van der Waals surface area contributed by atoms with E-state index in [0.29, 0.717) is 0 Å². The van der Waals surface area contributed by atoms with Crippen molar-refractivity contribution in [3.8, 4) is 0 Å². The van der Waals surface area contributed by atoms with Crippen molar-refractivity contribution >= 4 is 10.1 Å². The molecular formula is C12H17F3O5S. The Morgan fingerprint density at radius 3 is 2.33 bits per heavy atom. The van der Waals surface area contributed by atoms with Crippen LogP contribution in [0.5, 0.6) is 0 Å². The van der Waals surface area contributed by atoms with Crippen molar-refractivity contribution in [3.05, 3.63) is 12.7 Å². The second kappa shape index (κ2) is 4.68. The van der Waals surface area contributed by atoms with Crippen LogP contribution < -0.4 is 0 Å². The van der Waals surface area contributed by atoms with Gasteiger partial charge in [0, 0.05) is 5.41 Å². The number of rotatable bonds is 3. The summed E-state index contributed by atoms with van der Waals surface area (Å²) in [6.07, 6.45) is -1.25. The number of hydrogen-bond donors (Lipinski definition) is 0. The molecule has 0 aromatic carbocycles. The summed E-state index contributed by atoms with van der Waals surface area (Å²) >= 11 is 0. The van der Waals surface area contributed by atoms with Crippen molar-refractivity contribution in [2.24, 2.45) is 5.41 Å². The summed E-state index contributed by atoms with van der Waals surface area (Å²) in [5, 5.41) is 0. The molecule has 2 aliphatic rings. The van der Waals surface area contributed by atoms with Gasteiger partial charge in [0.05, 0.1) is 6.10 Å². The Balaban J connectivity index is 2.28. The Morgan fingerprint density at radius 1 is 1.29 bits per heavy atom. The van der Waals surface area contributed by atoms with Crippen molar-refractivity contribution in [1.82, 2.24) is 0 Å². The molecule has 1 saturated heterocycles. The normalized spacial score (nSPS) is 39.2. The van der Waals surface area contributed by atoms with E-state index >= 15 is 0 Å². The minimum atomic E-state index is -5.69. The quantitative estimate of drug-likeness (QED) is 0.451. The third-order valence-electron chi connectivity index (χ3n) is 3.79. The smallest absolute Gasteiger partial charge is 0.344 e. The third-order valence-corrected chi connectivity index (χ3v) is 4.85. The Kier molecular flexibility index (Phi) is 3.72. The summed E-state index contributed by atoms with van der Waals surface area (Å²) in [6, 6.07) is 0. The molecule has 9 heteroatoms. The van der Waals surface area contributed by atoms with Gasteiger partial charge in [0.1, 0.15) is 12.2 Å². The summed E-state index contributed by atoms with van der Waals surface area (Å²) in [4.78, 5) is 0. The third kappa shape index (κ3) is 2.84. The van der Waals surface area contributed by atoms with Gasteiger partial charge in [0.2, 0.25) is 0 Å². The van der Waals surface area contributed by atoms with Crippen molar-refractivity contribution in [3.63, 3.8) is 0 Å². The van der Waals surface area contributed by atoms with Gasteiger partial charge < -0.3 is 9.47 Å². The zero-order valence-electron chi connectivity index (χ0n) is 11.8. The van der Waals surface area contributed by atoms with Crippen molar-refractivity contribution in [1.29, 1.82) is 0 Å². The second-order valence-electron chi connectivity index (χ2n) is 5.97. The van der Waals surface area contributed by atoms with Crippen LogP contribution in [0.3, 0.4) is 0 Å². The predicted octanol–water partition coefficient (Wildman–Crippen LogP) is 2.34. The van der Waals surface area contributed by atoms with Gasteiger partial charge in [-0.15, -0.1) is 6.58 Å². The molecule has 0 bridgehead atoms. The summed E-state index contributed by atoms with van der Waals surface area (Å²) in [5.41, 5.74) is -6.20. The molecule has 0 aromatic heterocycles. The van der Waals surface area contributed by atoms with Crippen LogP contribution in [0.4, 0.5) is 13.2 Å². The fourth-order valence-electron chi connectivity index (χ4n) is 2.74. The average Bonchev–Trinajstić information content (AvgIpc) is 2.73. The zero-order valence-corrected chi connectivity index (χ0v) is 12.6. The summed E-state index contributed by atoms with van der Waals surface area (Å²) in [7, 11) is -5.69. The van der Waals surface area contributed by atoms with Crippen molar-refractivity contribution in [2.75, 3.05) is 0 Å². The van der Waals surface area contributed by atoms with Crippen molar-refractivity contribution < 1.29 is 35.2 Å². The number of hydrogen-bond acceptors (Lipinski definition) is 5. The molecule has 1 aliphatic carbocycles. The second-order valence-corrected chi connectivity index (χ2v) is 7.53. The number of fused-ring (bicyclic) bond motifs is 1. The van der Waals surface area contributed by atoms with Crippen LogP contribution in [0.15, 0.2) is 12.7 Å². The lowest BCUT2D eigenvalue weighted by Crippen LogP contribution is -2.36. The minimum absolute atomic E-state index is 0.0111. The van der Waals surface area contributed by atoms with Crippen LogP contribution in [0.2, 0.25) is 0 Å². The van der Waals surface area contributed by atoms with E-state index < -0.39 is 45.1 Å². The topological polar surface area (TPSA) is 61.8 Å². The summed E-state index contributed by atoms with van der Waals surface area (Å²) in [5.74, 6) is -1.02. The molecule has 122 valence electrons. The molecule has 5 nitrogen and oxygen atoms in total. The average molecular weight is 330 g/mol. The fourth-order valence-corrected chi connectivity index (χ4v) is 3.35. The molecule has 4 atom stereocenters. The van der Waals surface area contributed by atoms with E-state index in [1.54, 1.807) is 20.8 Å². The Bertz CT molecular complexity index is 542. The molecule has 0 N–H and O–H groups in total. The first-order valence-corrected chi connectivity index (χ1v) is 7.71. The van der Waals surface area contributed by atoms with Gasteiger partial charge in [-0.2, -0.15) is 21.6 Å². The molecule has 0 amide bonds. The van der Waals surface area contributed by atoms with Crippen molar-refractivity contribution in [2.45, 2.75) is 56.8 Å². The monoisotopic (exact) mass is 330 g/mol. The van der Waals surface area contributed by atoms with Gasteiger partial charge >= 0.3 is 15.6 Å². The van der Waals surface area contributed by atoms with Crippen LogP contribution in [-0.4, -0.2) is 38.0 Å². The zero-order chi connectivity index (χ0) is 16.3. The van der Waals surface area contributed by atoms with Gasteiger partial charge in [0.25, 0.3) is 0 Å². The van der Waals surface area contributed by atoms with E-state index in [1.807, 2.05) is 0 Å². The molecule has 1 heterocycles. The van der Waals surface area contributed by atoms with Gasteiger partial charge in [-0.1, -0.05) is 13.0 Å². The Hall–Kier alpha value is -0.640. The van der Waals surface area contributed by atoms with Crippen LogP contribution >= 0.6 is 0 Å². The molecule has 2 rings (SSSR count). The van der Waals surface area contributed by atoms with E-state index in [1.165, 1.54) is 6.08 Å².